The summed E-state index contributed by atoms with van der Waals surface area (Å²) in [5.74, 6) is -0.177. The molecule has 14 heavy (non-hydrogen) atoms. The van der Waals surface area contributed by atoms with E-state index in [1.165, 1.54) is 6.07 Å². The summed E-state index contributed by atoms with van der Waals surface area (Å²) in [6.45, 7) is 1.77. The lowest BCUT2D eigenvalue weighted by molar-refractivity contribution is 0.459. The van der Waals surface area contributed by atoms with Crippen LogP contribution >= 0.6 is 0 Å². The van der Waals surface area contributed by atoms with Gasteiger partial charge in [0.05, 0.1) is 5.69 Å². The van der Waals surface area contributed by atoms with Crippen LogP contribution in [0, 0.1) is 6.92 Å². The topological polar surface area (TPSA) is 76.5 Å². The van der Waals surface area contributed by atoms with Crippen LogP contribution in [0.4, 0.5) is 5.69 Å². The van der Waals surface area contributed by atoms with Crippen LogP contribution < -0.4 is 11.4 Å². The minimum Gasteiger partial charge on any atom is -0.503 e. The average Bonchev–Trinajstić information content (AvgIpc) is 2.12. The van der Waals surface area contributed by atoms with Crippen LogP contribution in [0.3, 0.4) is 0 Å². The zero-order chi connectivity index (χ0) is 10.3. The molecule has 4 heteroatoms. The number of hydrogen-bond acceptors (Lipinski definition) is 4. The molecule has 1 heterocycles. The Kier molecular flexibility index (Phi) is 1.70. The molecule has 0 amide bonds. The number of aromatic hydroxyl groups is 1. The number of benzene rings is 1. The molecule has 0 fully saturated rings. The zero-order valence-corrected chi connectivity index (χ0v) is 7.57. The minimum absolute atomic E-state index is 0.148. The van der Waals surface area contributed by atoms with Gasteiger partial charge in [0.2, 0.25) is 0 Å². The number of nitrogen functional groups attached to an aromatic ring is 1. The molecule has 0 bridgehead atoms. The number of hydrogen-bond donors (Lipinski definition) is 2. The molecule has 0 atom stereocenters. The van der Waals surface area contributed by atoms with Gasteiger partial charge in [-0.1, -0.05) is 0 Å². The first kappa shape index (κ1) is 8.62. The normalized spacial score (nSPS) is 10.6. The van der Waals surface area contributed by atoms with Gasteiger partial charge in [0.15, 0.2) is 11.3 Å². The first-order valence-electron chi connectivity index (χ1n) is 4.11. The summed E-state index contributed by atoms with van der Waals surface area (Å²) < 4.78 is 4.87. The Labute approximate surface area is 79.6 Å². The number of nitrogens with two attached hydrogens (primary N) is 1. The van der Waals surface area contributed by atoms with Crippen molar-refractivity contribution in [2.24, 2.45) is 0 Å². The number of aryl methyl sites for hydroxylation is 1. The standard InChI is InChI=1S/C10H9NO3/c1-5-4-8(12)14-10-6(5)2-3-7(11)9(10)13/h2-4,13H,11H2,1H3. The van der Waals surface area contributed by atoms with E-state index in [-0.39, 0.29) is 17.0 Å². The van der Waals surface area contributed by atoms with E-state index in [0.717, 1.165) is 5.56 Å². The first-order chi connectivity index (χ1) is 6.59. The Morgan fingerprint density at radius 1 is 1.43 bits per heavy atom. The summed E-state index contributed by atoms with van der Waals surface area (Å²) >= 11 is 0. The third-order valence-corrected chi connectivity index (χ3v) is 2.12. The molecule has 0 saturated carbocycles. The zero-order valence-electron chi connectivity index (χ0n) is 7.57. The van der Waals surface area contributed by atoms with Gasteiger partial charge >= 0.3 is 5.63 Å². The fourth-order valence-electron chi connectivity index (χ4n) is 1.38. The van der Waals surface area contributed by atoms with Crippen molar-refractivity contribution in [2.75, 3.05) is 5.73 Å². The number of phenolic OH excluding ortho intramolecular Hbond substituents is 1. The summed E-state index contributed by atoms with van der Waals surface area (Å²) in [7, 11) is 0. The highest BCUT2D eigenvalue weighted by atomic mass is 16.4. The largest absolute Gasteiger partial charge is 0.503 e. The van der Waals surface area contributed by atoms with Crippen molar-refractivity contribution in [3.05, 3.63) is 34.2 Å². The Morgan fingerprint density at radius 2 is 2.14 bits per heavy atom. The van der Waals surface area contributed by atoms with E-state index in [1.54, 1.807) is 19.1 Å². The maximum absolute atomic E-state index is 11.0. The smallest absolute Gasteiger partial charge is 0.336 e. The quantitative estimate of drug-likeness (QED) is 0.375. The van der Waals surface area contributed by atoms with Gasteiger partial charge in [-0.05, 0) is 24.6 Å². The van der Waals surface area contributed by atoms with Crippen molar-refractivity contribution in [1.82, 2.24) is 0 Å². The van der Waals surface area contributed by atoms with Crippen molar-refractivity contribution in [3.8, 4) is 5.75 Å². The van der Waals surface area contributed by atoms with Gasteiger partial charge in [0, 0.05) is 11.5 Å². The summed E-state index contributed by atoms with van der Waals surface area (Å²) in [5.41, 5.74) is 6.09. The number of anilines is 1. The molecule has 4 nitrogen and oxygen atoms in total. The molecule has 0 unspecified atom stereocenters. The molecule has 3 N–H and O–H groups in total. The summed E-state index contributed by atoms with van der Waals surface area (Å²) in [4.78, 5) is 11.0. The molecule has 2 rings (SSSR count). The van der Waals surface area contributed by atoms with Crippen molar-refractivity contribution >= 4 is 16.7 Å². The highest BCUT2D eigenvalue weighted by Gasteiger charge is 2.08. The molecule has 1 aromatic heterocycles. The molecule has 2 aromatic rings. The van der Waals surface area contributed by atoms with Gasteiger partial charge < -0.3 is 15.3 Å². The van der Waals surface area contributed by atoms with Crippen LogP contribution in [0.1, 0.15) is 5.56 Å². The maximum atomic E-state index is 11.0. The van der Waals surface area contributed by atoms with E-state index in [1.807, 2.05) is 0 Å². The van der Waals surface area contributed by atoms with E-state index in [2.05, 4.69) is 0 Å². The van der Waals surface area contributed by atoms with Crippen molar-refractivity contribution < 1.29 is 9.52 Å². The highest BCUT2D eigenvalue weighted by Crippen LogP contribution is 2.30. The lowest BCUT2D eigenvalue weighted by Gasteiger charge is -2.03. The Morgan fingerprint density at radius 3 is 2.86 bits per heavy atom. The molecule has 0 aliphatic rings. The second kappa shape index (κ2) is 2.77. The van der Waals surface area contributed by atoms with Crippen LogP contribution in [0.15, 0.2) is 27.4 Å². The molecule has 0 aliphatic heterocycles. The monoisotopic (exact) mass is 191 g/mol. The van der Waals surface area contributed by atoms with Gasteiger partial charge in [-0.15, -0.1) is 0 Å². The van der Waals surface area contributed by atoms with E-state index in [4.69, 9.17) is 10.2 Å². The summed E-state index contributed by atoms with van der Waals surface area (Å²) in [6, 6.07) is 4.66. The fourth-order valence-corrected chi connectivity index (χ4v) is 1.38. The van der Waals surface area contributed by atoms with E-state index in [9.17, 15) is 9.90 Å². The van der Waals surface area contributed by atoms with Crippen LogP contribution in [-0.4, -0.2) is 5.11 Å². The molecular formula is C10H9NO3. The second-order valence-corrected chi connectivity index (χ2v) is 3.13. The molecular weight excluding hydrogens is 182 g/mol. The molecule has 0 saturated heterocycles. The van der Waals surface area contributed by atoms with Crippen LogP contribution in [0.5, 0.6) is 5.75 Å². The molecule has 72 valence electrons. The summed E-state index contributed by atoms with van der Waals surface area (Å²) in [6.07, 6.45) is 0. The van der Waals surface area contributed by atoms with Crippen LogP contribution in [-0.2, 0) is 0 Å². The predicted molar refractivity (Wildman–Crippen MR) is 53.3 cm³/mol. The SMILES string of the molecule is Cc1cc(=O)oc2c(O)c(N)ccc12. The Balaban J connectivity index is 3.02. The molecule has 0 spiro atoms. The number of rotatable bonds is 0. The van der Waals surface area contributed by atoms with Gasteiger partial charge in [-0.2, -0.15) is 0 Å². The minimum atomic E-state index is -0.490. The van der Waals surface area contributed by atoms with Crippen molar-refractivity contribution in [3.63, 3.8) is 0 Å². The summed E-state index contributed by atoms with van der Waals surface area (Å²) in [5, 5.41) is 10.2. The van der Waals surface area contributed by atoms with Gasteiger partial charge in [-0.3, -0.25) is 0 Å². The average molecular weight is 191 g/mol. The van der Waals surface area contributed by atoms with E-state index in [0.29, 0.717) is 5.39 Å². The lowest BCUT2D eigenvalue weighted by Crippen LogP contribution is -1.98. The third kappa shape index (κ3) is 1.12. The van der Waals surface area contributed by atoms with Gasteiger partial charge in [-0.25, -0.2) is 4.79 Å². The van der Waals surface area contributed by atoms with Crippen molar-refractivity contribution in [1.29, 1.82) is 0 Å². The second-order valence-electron chi connectivity index (χ2n) is 3.13. The first-order valence-corrected chi connectivity index (χ1v) is 4.11. The molecule has 1 aromatic carbocycles. The maximum Gasteiger partial charge on any atom is 0.336 e. The van der Waals surface area contributed by atoms with Crippen LogP contribution in [0.2, 0.25) is 0 Å². The fraction of sp³-hybridized carbons (Fsp3) is 0.100. The number of phenols is 1. The molecule has 0 radical (unpaired) electrons. The van der Waals surface area contributed by atoms with Gasteiger partial charge in [0.1, 0.15) is 0 Å². The van der Waals surface area contributed by atoms with Crippen molar-refractivity contribution in [2.45, 2.75) is 6.92 Å². The van der Waals surface area contributed by atoms with Gasteiger partial charge in [0.25, 0.3) is 0 Å². The Hall–Kier alpha value is -1.97. The van der Waals surface area contributed by atoms with E-state index < -0.39 is 5.63 Å². The van der Waals surface area contributed by atoms with E-state index >= 15 is 0 Å². The Bertz CT molecular complexity index is 557. The third-order valence-electron chi connectivity index (χ3n) is 2.12. The predicted octanol–water partition coefficient (Wildman–Crippen LogP) is 1.39. The van der Waals surface area contributed by atoms with Crippen LogP contribution in [0.25, 0.3) is 11.0 Å². The number of fused-ring (bicyclic) bond motifs is 1. The highest BCUT2D eigenvalue weighted by molar-refractivity contribution is 5.89. The lowest BCUT2D eigenvalue weighted by atomic mass is 10.1. The molecule has 0 aliphatic carbocycles.